The van der Waals surface area contributed by atoms with E-state index in [1.54, 1.807) is 25.8 Å². The molecule has 3 nitrogen and oxygen atoms in total. The van der Waals surface area contributed by atoms with Crippen LogP contribution in [-0.2, 0) is 6.42 Å². The van der Waals surface area contributed by atoms with Gasteiger partial charge in [-0.05, 0) is 38.0 Å². The average Bonchev–Trinajstić information content (AvgIpc) is 2.26. The normalized spacial score (nSPS) is 11.4. The van der Waals surface area contributed by atoms with Crippen molar-refractivity contribution in [2.45, 2.75) is 32.8 Å². The van der Waals surface area contributed by atoms with Gasteiger partial charge in [-0.3, -0.25) is 4.79 Å². The second-order valence-corrected chi connectivity index (χ2v) is 5.02. The third-order valence-corrected chi connectivity index (χ3v) is 2.58. The summed E-state index contributed by atoms with van der Waals surface area (Å²) in [7, 11) is 1.70. The Labute approximate surface area is 103 Å². The van der Waals surface area contributed by atoms with E-state index >= 15 is 0 Å². The molecule has 0 aliphatic rings. The van der Waals surface area contributed by atoms with Crippen molar-refractivity contribution >= 4 is 5.91 Å². The first-order valence-corrected chi connectivity index (χ1v) is 5.90. The molecule has 0 aromatic heterocycles. The molecule has 0 atom stereocenters. The Hall–Kier alpha value is -1.35. The average molecular weight is 235 g/mol. The summed E-state index contributed by atoms with van der Waals surface area (Å²) < 4.78 is 0. The SMILES string of the molecule is CCc1ccc(C(=O)N(C)CC(C)(C)O)cc1. The lowest BCUT2D eigenvalue weighted by molar-refractivity contribution is 0.0368. The van der Waals surface area contributed by atoms with Gasteiger partial charge in [0.2, 0.25) is 0 Å². The second-order valence-electron chi connectivity index (χ2n) is 5.02. The second kappa shape index (κ2) is 5.32. The highest BCUT2D eigenvalue weighted by Crippen LogP contribution is 2.10. The lowest BCUT2D eigenvalue weighted by Gasteiger charge is -2.25. The van der Waals surface area contributed by atoms with Crippen LogP contribution in [0.15, 0.2) is 24.3 Å². The van der Waals surface area contributed by atoms with Crippen LogP contribution in [0.1, 0.15) is 36.7 Å². The molecule has 0 saturated carbocycles. The monoisotopic (exact) mass is 235 g/mol. The van der Waals surface area contributed by atoms with E-state index < -0.39 is 5.60 Å². The number of hydrogen-bond donors (Lipinski definition) is 1. The van der Waals surface area contributed by atoms with Gasteiger partial charge in [0.25, 0.3) is 5.91 Å². The highest BCUT2D eigenvalue weighted by Gasteiger charge is 2.20. The molecule has 0 bridgehead atoms. The quantitative estimate of drug-likeness (QED) is 0.868. The first-order valence-electron chi connectivity index (χ1n) is 5.90. The predicted octanol–water partition coefficient (Wildman–Crippen LogP) is 2.09. The van der Waals surface area contributed by atoms with Gasteiger partial charge < -0.3 is 10.0 Å². The molecule has 0 aliphatic carbocycles. The van der Waals surface area contributed by atoms with E-state index in [4.69, 9.17) is 0 Å². The molecule has 1 amide bonds. The maximum Gasteiger partial charge on any atom is 0.253 e. The van der Waals surface area contributed by atoms with Crippen LogP contribution in [0, 0.1) is 0 Å². The predicted molar refractivity (Wildman–Crippen MR) is 69.1 cm³/mol. The lowest BCUT2D eigenvalue weighted by Crippen LogP contribution is -2.39. The van der Waals surface area contributed by atoms with Crippen molar-refractivity contribution in [3.63, 3.8) is 0 Å². The van der Waals surface area contributed by atoms with E-state index in [1.165, 1.54) is 5.56 Å². The molecule has 0 saturated heterocycles. The molecule has 1 aromatic rings. The van der Waals surface area contributed by atoms with Crippen molar-refractivity contribution in [2.24, 2.45) is 0 Å². The van der Waals surface area contributed by atoms with E-state index in [-0.39, 0.29) is 5.91 Å². The molecule has 94 valence electrons. The Morgan fingerprint density at radius 2 is 1.82 bits per heavy atom. The van der Waals surface area contributed by atoms with Gasteiger partial charge >= 0.3 is 0 Å². The molecule has 1 N–H and O–H groups in total. The van der Waals surface area contributed by atoms with Crippen LogP contribution in [0.3, 0.4) is 0 Å². The van der Waals surface area contributed by atoms with Crippen LogP contribution in [0.2, 0.25) is 0 Å². The maximum absolute atomic E-state index is 12.0. The number of carbonyl (C=O) groups is 1. The number of carbonyl (C=O) groups excluding carboxylic acids is 1. The van der Waals surface area contributed by atoms with Crippen LogP contribution in [0.25, 0.3) is 0 Å². The van der Waals surface area contributed by atoms with Gasteiger partial charge in [-0.2, -0.15) is 0 Å². The molecule has 17 heavy (non-hydrogen) atoms. The van der Waals surface area contributed by atoms with E-state index in [1.807, 2.05) is 24.3 Å². The first-order chi connectivity index (χ1) is 7.83. The maximum atomic E-state index is 12.0. The van der Waals surface area contributed by atoms with Gasteiger partial charge in [-0.15, -0.1) is 0 Å². The summed E-state index contributed by atoms with van der Waals surface area (Å²) in [6.45, 7) is 5.78. The van der Waals surface area contributed by atoms with Crippen LogP contribution in [-0.4, -0.2) is 35.1 Å². The van der Waals surface area contributed by atoms with Crippen LogP contribution >= 0.6 is 0 Å². The summed E-state index contributed by atoms with van der Waals surface area (Å²) in [5.74, 6) is -0.0604. The van der Waals surface area contributed by atoms with Gasteiger partial charge in [0.15, 0.2) is 0 Å². The summed E-state index contributed by atoms with van der Waals surface area (Å²) in [6.07, 6.45) is 0.966. The number of benzene rings is 1. The van der Waals surface area contributed by atoms with Crippen molar-refractivity contribution < 1.29 is 9.90 Å². The topological polar surface area (TPSA) is 40.5 Å². The fraction of sp³-hybridized carbons (Fsp3) is 0.500. The number of aryl methyl sites for hydroxylation is 1. The van der Waals surface area contributed by atoms with E-state index in [9.17, 15) is 9.90 Å². The summed E-state index contributed by atoms with van der Waals surface area (Å²) in [6, 6.07) is 7.60. The third-order valence-electron chi connectivity index (χ3n) is 2.58. The van der Waals surface area contributed by atoms with Crippen molar-refractivity contribution in [2.75, 3.05) is 13.6 Å². The highest BCUT2D eigenvalue weighted by atomic mass is 16.3. The smallest absolute Gasteiger partial charge is 0.253 e. The zero-order valence-corrected chi connectivity index (χ0v) is 11.0. The van der Waals surface area contributed by atoms with Crippen LogP contribution < -0.4 is 0 Å². The van der Waals surface area contributed by atoms with E-state index in [0.29, 0.717) is 12.1 Å². The van der Waals surface area contributed by atoms with Crippen LogP contribution in [0.5, 0.6) is 0 Å². The van der Waals surface area contributed by atoms with Crippen molar-refractivity contribution in [3.8, 4) is 0 Å². The summed E-state index contributed by atoms with van der Waals surface area (Å²) in [5, 5.41) is 9.67. The number of rotatable bonds is 4. The Balaban J connectivity index is 2.75. The highest BCUT2D eigenvalue weighted by molar-refractivity contribution is 5.94. The summed E-state index contributed by atoms with van der Waals surface area (Å²) >= 11 is 0. The molecule has 0 radical (unpaired) electrons. The van der Waals surface area contributed by atoms with Crippen molar-refractivity contribution in [1.82, 2.24) is 4.90 Å². The largest absolute Gasteiger partial charge is 0.389 e. The molecule has 1 aromatic carbocycles. The molecular formula is C14H21NO2. The number of likely N-dealkylation sites (N-methyl/N-ethyl adjacent to an activating group) is 1. The molecular weight excluding hydrogens is 214 g/mol. The number of nitrogens with zero attached hydrogens (tertiary/aromatic N) is 1. The van der Waals surface area contributed by atoms with E-state index in [0.717, 1.165) is 6.42 Å². The Morgan fingerprint density at radius 3 is 2.24 bits per heavy atom. The number of hydrogen-bond acceptors (Lipinski definition) is 2. The van der Waals surface area contributed by atoms with Crippen molar-refractivity contribution in [1.29, 1.82) is 0 Å². The Bertz CT molecular complexity index is 376. The zero-order chi connectivity index (χ0) is 13.1. The van der Waals surface area contributed by atoms with Crippen molar-refractivity contribution in [3.05, 3.63) is 35.4 Å². The minimum Gasteiger partial charge on any atom is -0.389 e. The van der Waals surface area contributed by atoms with Gasteiger partial charge in [-0.1, -0.05) is 19.1 Å². The molecule has 0 heterocycles. The van der Waals surface area contributed by atoms with E-state index in [2.05, 4.69) is 6.92 Å². The first kappa shape index (κ1) is 13.7. The Morgan fingerprint density at radius 1 is 1.29 bits per heavy atom. The third kappa shape index (κ3) is 4.19. The van der Waals surface area contributed by atoms with Gasteiger partial charge in [0, 0.05) is 19.2 Å². The minimum atomic E-state index is -0.867. The lowest BCUT2D eigenvalue weighted by atomic mass is 10.1. The van der Waals surface area contributed by atoms with Gasteiger partial charge in [0.1, 0.15) is 0 Å². The fourth-order valence-corrected chi connectivity index (χ4v) is 1.76. The van der Waals surface area contributed by atoms with Gasteiger partial charge in [-0.25, -0.2) is 0 Å². The standard InChI is InChI=1S/C14H21NO2/c1-5-11-6-8-12(9-7-11)13(16)15(4)10-14(2,3)17/h6-9,17H,5,10H2,1-4H3. The van der Waals surface area contributed by atoms with Gasteiger partial charge in [0.05, 0.1) is 5.60 Å². The summed E-state index contributed by atoms with van der Waals surface area (Å²) in [4.78, 5) is 13.6. The molecule has 1 rings (SSSR count). The zero-order valence-electron chi connectivity index (χ0n) is 11.0. The molecule has 3 heteroatoms. The number of amides is 1. The molecule has 0 fully saturated rings. The molecule has 0 aliphatic heterocycles. The molecule has 0 spiro atoms. The Kier molecular flexibility index (Phi) is 4.29. The molecule has 0 unspecified atom stereocenters. The summed E-state index contributed by atoms with van der Waals surface area (Å²) in [5.41, 5.74) is 1.01. The fourth-order valence-electron chi connectivity index (χ4n) is 1.76. The minimum absolute atomic E-state index is 0.0604. The van der Waals surface area contributed by atoms with Crippen LogP contribution in [0.4, 0.5) is 0 Å². The number of aliphatic hydroxyl groups is 1.